The summed E-state index contributed by atoms with van der Waals surface area (Å²) in [5, 5.41) is 10.8. The van der Waals surface area contributed by atoms with Crippen LogP contribution in [0, 0.1) is 10.1 Å². The summed E-state index contributed by atoms with van der Waals surface area (Å²) in [5.41, 5.74) is 0.874. The van der Waals surface area contributed by atoms with Crippen LogP contribution in [0.1, 0.15) is 30.4 Å². The van der Waals surface area contributed by atoms with Crippen molar-refractivity contribution in [3.8, 4) is 5.75 Å². The van der Waals surface area contributed by atoms with E-state index in [4.69, 9.17) is 4.74 Å². The van der Waals surface area contributed by atoms with Gasteiger partial charge in [-0.3, -0.25) is 29.4 Å². The molecular weight excluding hydrogens is 538 g/mol. The second kappa shape index (κ2) is 11.0. The van der Waals surface area contributed by atoms with Gasteiger partial charge in [0.2, 0.25) is 5.91 Å². The van der Waals surface area contributed by atoms with E-state index >= 15 is 0 Å². The Labute approximate surface area is 214 Å². The van der Waals surface area contributed by atoms with Gasteiger partial charge in [-0.15, -0.1) is 0 Å². The molecule has 2 aromatic carbocycles. The van der Waals surface area contributed by atoms with E-state index in [2.05, 4.69) is 15.9 Å². The third-order valence-corrected chi connectivity index (χ3v) is 7.11. The first-order valence-corrected chi connectivity index (χ1v) is 12.6. The van der Waals surface area contributed by atoms with Crippen molar-refractivity contribution in [3.05, 3.63) is 73.1 Å². The zero-order chi connectivity index (χ0) is 24.9. The van der Waals surface area contributed by atoms with Crippen molar-refractivity contribution in [2.75, 3.05) is 19.6 Å². The predicted octanol–water partition coefficient (Wildman–Crippen LogP) is 4.99. The number of carbonyl (C=O) groups is 3. The van der Waals surface area contributed by atoms with Gasteiger partial charge in [0.25, 0.3) is 16.8 Å². The Balaban J connectivity index is 1.51. The number of amides is 3. The fraction of sp³-hybridized carbons (Fsp3) is 0.292. The minimum absolute atomic E-state index is 0.0502. The number of imide groups is 1. The number of hydrogen-bond acceptors (Lipinski definition) is 7. The molecule has 0 unspecified atom stereocenters. The van der Waals surface area contributed by atoms with Crippen LogP contribution in [0.2, 0.25) is 0 Å². The maximum atomic E-state index is 13.0. The second-order valence-corrected chi connectivity index (χ2v) is 9.97. The van der Waals surface area contributed by atoms with Gasteiger partial charge >= 0.3 is 0 Å². The standard InChI is InChI=1S/C24H22BrN3O6S/c25-18-8-9-20(34-15-16-6-2-3-7-19(16)28(32)33)17(12-18)13-21-23(30)27(24(31)35-21)14-22(29)26-10-4-1-5-11-26/h2-3,6-9,12-13H,1,4-5,10-11,14-15H2/b21-13-. The van der Waals surface area contributed by atoms with Crippen LogP contribution in [0.4, 0.5) is 10.5 Å². The summed E-state index contributed by atoms with van der Waals surface area (Å²) in [6, 6.07) is 11.4. The van der Waals surface area contributed by atoms with Gasteiger partial charge in [0.05, 0.1) is 15.4 Å². The lowest BCUT2D eigenvalue weighted by atomic mass is 10.1. The van der Waals surface area contributed by atoms with Crippen LogP contribution in [0.3, 0.4) is 0 Å². The van der Waals surface area contributed by atoms with Gasteiger partial charge in [0, 0.05) is 29.2 Å². The number of benzene rings is 2. The number of halogens is 1. The molecule has 2 aliphatic rings. The molecule has 182 valence electrons. The summed E-state index contributed by atoms with van der Waals surface area (Å²) in [7, 11) is 0. The van der Waals surface area contributed by atoms with E-state index < -0.39 is 16.1 Å². The summed E-state index contributed by atoms with van der Waals surface area (Å²) in [4.78, 5) is 51.7. The summed E-state index contributed by atoms with van der Waals surface area (Å²) in [6.07, 6.45) is 4.45. The number of nitro benzene ring substituents is 1. The second-order valence-electron chi connectivity index (χ2n) is 8.07. The van der Waals surface area contributed by atoms with E-state index in [1.807, 2.05) is 0 Å². The number of rotatable bonds is 7. The Hall–Kier alpha value is -3.18. The van der Waals surface area contributed by atoms with Crippen LogP contribution in [0.5, 0.6) is 5.75 Å². The minimum Gasteiger partial charge on any atom is -0.488 e. The van der Waals surface area contributed by atoms with Gasteiger partial charge in [-0.2, -0.15) is 0 Å². The highest BCUT2D eigenvalue weighted by Gasteiger charge is 2.37. The molecule has 2 aromatic rings. The molecule has 3 amide bonds. The van der Waals surface area contributed by atoms with Gasteiger partial charge in [0.15, 0.2) is 0 Å². The van der Waals surface area contributed by atoms with Crippen molar-refractivity contribution >= 4 is 56.5 Å². The molecule has 11 heteroatoms. The molecule has 2 heterocycles. The Morgan fingerprint density at radius 2 is 1.89 bits per heavy atom. The molecule has 0 N–H and O–H groups in total. The molecule has 0 aliphatic carbocycles. The van der Waals surface area contributed by atoms with E-state index in [1.54, 1.807) is 41.3 Å². The van der Waals surface area contributed by atoms with Crippen LogP contribution >= 0.6 is 27.7 Å². The number of nitro groups is 1. The fourth-order valence-electron chi connectivity index (χ4n) is 3.89. The van der Waals surface area contributed by atoms with E-state index in [0.29, 0.717) is 30.0 Å². The molecule has 9 nitrogen and oxygen atoms in total. The number of thioether (sulfide) groups is 1. The molecule has 0 aromatic heterocycles. The summed E-state index contributed by atoms with van der Waals surface area (Å²) >= 11 is 4.16. The first kappa shape index (κ1) is 24.9. The van der Waals surface area contributed by atoms with Gasteiger partial charge < -0.3 is 9.64 Å². The van der Waals surface area contributed by atoms with Crippen molar-refractivity contribution in [3.63, 3.8) is 0 Å². The van der Waals surface area contributed by atoms with Gasteiger partial charge in [-0.1, -0.05) is 28.1 Å². The SMILES string of the molecule is O=C(CN1C(=O)S/C(=C\c2cc(Br)ccc2OCc2ccccc2[N+](=O)[O-])C1=O)N1CCCCC1. The average Bonchev–Trinajstić information content (AvgIpc) is 3.11. The lowest BCUT2D eigenvalue weighted by molar-refractivity contribution is -0.385. The fourth-order valence-corrected chi connectivity index (χ4v) is 5.09. The average molecular weight is 560 g/mol. The Kier molecular flexibility index (Phi) is 7.86. The van der Waals surface area contributed by atoms with Crippen LogP contribution in [-0.4, -0.2) is 51.4 Å². The molecule has 35 heavy (non-hydrogen) atoms. The van der Waals surface area contributed by atoms with Crippen LogP contribution < -0.4 is 4.74 Å². The molecule has 2 saturated heterocycles. The van der Waals surface area contributed by atoms with Crippen molar-refractivity contribution in [2.24, 2.45) is 0 Å². The zero-order valence-corrected chi connectivity index (χ0v) is 21.0. The molecule has 0 radical (unpaired) electrons. The number of para-hydroxylation sites is 1. The van der Waals surface area contributed by atoms with Crippen LogP contribution in [-0.2, 0) is 16.2 Å². The number of hydrogen-bond donors (Lipinski definition) is 0. The normalized spacial score (nSPS) is 17.2. The molecule has 4 rings (SSSR count). The smallest absolute Gasteiger partial charge is 0.294 e. The maximum absolute atomic E-state index is 13.0. The highest BCUT2D eigenvalue weighted by atomic mass is 79.9. The topological polar surface area (TPSA) is 110 Å². The highest BCUT2D eigenvalue weighted by Crippen LogP contribution is 2.35. The number of likely N-dealkylation sites (tertiary alicyclic amines) is 1. The first-order chi connectivity index (χ1) is 16.8. The Bertz CT molecular complexity index is 1210. The van der Waals surface area contributed by atoms with Crippen LogP contribution in [0.15, 0.2) is 51.8 Å². The van der Waals surface area contributed by atoms with E-state index in [1.165, 1.54) is 12.1 Å². The number of nitrogens with zero attached hydrogens (tertiary/aromatic N) is 3. The summed E-state index contributed by atoms with van der Waals surface area (Å²) in [5.74, 6) is -0.373. The van der Waals surface area contributed by atoms with Gasteiger partial charge in [-0.25, -0.2) is 0 Å². The van der Waals surface area contributed by atoms with Crippen molar-refractivity contribution < 1.29 is 24.0 Å². The molecule has 2 fully saturated rings. The molecule has 0 atom stereocenters. The maximum Gasteiger partial charge on any atom is 0.294 e. The van der Waals surface area contributed by atoms with Gasteiger partial charge in [0.1, 0.15) is 18.9 Å². The molecular formula is C24H22BrN3O6S. The summed E-state index contributed by atoms with van der Waals surface area (Å²) in [6.45, 7) is 0.958. The zero-order valence-electron chi connectivity index (χ0n) is 18.6. The third kappa shape index (κ3) is 5.91. The lowest BCUT2D eigenvalue weighted by Crippen LogP contribution is -2.44. The first-order valence-electron chi connectivity index (χ1n) is 11.0. The van der Waals surface area contributed by atoms with E-state index in [9.17, 15) is 24.5 Å². The molecule has 2 aliphatic heterocycles. The Morgan fingerprint density at radius 3 is 2.63 bits per heavy atom. The number of carbonyl (C=O) groups excluding carboxylic acids is 3. The van der Waals surface area contributed by atoms with E-state index in [0.717, 1.165) is 40.4 Å². The summed E-state index contributed by atoms with van der Waals surface area (Å²) < 4.78 is 6.59. The third-order valence-electron chi connectivity index (χ3n) is 5.71. The van der Waals surface area contributed by atoms with Crippen molar-refractivity contribution in [1.82, 2.24) is 9.80 Å². The Morgan fingerprint density at radius 1 is 1.14 bits per heavy atom. The number of piperidine rings is 1. The predicted molar refractivity (Wildman–Crippen MR) is 135 cm³/mol. The van der Waals surface area contributed by atoms with Crippen molar-refractivity contribution in [2.45, 2.75) is 25.9 Å². The largest absolute Gasteiger partial charge is 0.488 e. The lowest BCUT2D eigenvalue weighted by Gasteiger charge is -2.27. The van der Waals surface area contributed by atoms with E-state index in [-0.39, 0.29) is 29.7 Å². The highest BCUT2D eigenvalue weighted by molar-refractivity contribution is 9.10. The quantitative estimate of drug-likeness (QED) is 0.267. The molecule has 0 spiro atoms. The van der Waals surface area contributed by atoms with Gasteiger partial charge in [-0.05, 0) is 61.4 Å². The van der Waals surface area contributed by atoms with Crippen molar-refractivity contribution in [1.29, 1.82) is 0 Å². The molecule has 0 saturated carbocycles. The minimum atomic E-state index is -0.532. The van der Waals surface area contributed by atoms with Crippen LogP contribution in [0.25, 0.3) is 6.08 Å². The monoisotopic (exact) mass is 559 g/mol. The number of ether oxygens (including phenoxy) is 1. The molecule has 0 bridgehead atoms.